The van der Waals surface area contributed by atoms with Crippen LogP contribution >= 0.6 is 0 Å². The lowest BCUT2D eigenvalue weighted by Crippen LogP contribution is -1.93. The van der Waals surface area contributed by atoms with Gasteiger partial charge in [-0.15, -0.1) is 0 Å². The predicted octanol–water partition coefficient (Wildman–Crippen LogP) is 1.79. The number of hydrogen-bond acceptors (Lipinski definition) is 3. The first-order chi connectivity index (χ1) is 5.65. The highest BCUT2D eigenvalue weighted by Crippen LogP contribution is 2.22. The second kappa shape index (κ2) is 3.26. The number of ether oxygens (including phenoxy) is 1. The molecule has 0 saturated carbocycles. The molecule has 0 unspecified atom stereocenters. The highest BCUT2D eigenvalue weighted by molar-refractivity contribution is 5.99. The first-order valence-electron chi connectivity index (χ1n) is 3.57. The van der Waals surface area contributed by atoms with E-state index >= 15 is 0 Å². The van der Waals surface area contributed by atoms with E-state index in [2.05, 4.69) is 0 Å². The molecule has 3 nitrogen and oxygen atoms in total. The van der Waals surface area contributed by atoms with E-state index < -0.39 is 0 Å². The molecule has 0 radical (unpaired) electrons. The summed E-state index contributed by atoms with van der Waals surface area (Å²) in [5.41, 5.74) is 0.834. The number of nitrogens with one attached hydrogen (secondary N) is 1. The van der Waals surface area contributed by atoms with Gasteiger partial charge in [0.05, 0.1) is 7.11 Å². The number of benzene rings is 1. The largest absolute Gasteiger partial charge is 0.507 e. The van der Waals surface area contributed by atoms with E-state index in [0.717, 1.165) is 0 Å². The van der Waals surface area contributed by atoms with Crippen LogP contribution < -0.4 is 4.74 Å². The van der Waals surface area contributed by atoms with Gasteiger partial charge in [0.2, 0.25) is 0 Å². The molecular formula is C9H11NO2. The third-order valence-electron chi connectivity index (χ3n) is 1.61. The van der Waals surface area contributed by atoms with Crippen molar-refractivity contribution in [1.82, 2.24) is 0 Å². The monoisotopic (exact) mass is 165 g/mol. The summed E-state index contributed by atoms with van der Waals surface area (Å²) in [5, 5.41) is 16.6. The molecule has 12 heavy (non-hydrogen) atoms. The van der Waals surface area contributed by atoms with Crippen LogP contribution in [0.3, 0.4) is 0 Å². The molecule has 2 N–H and O–H groups in total. The summed E-state index contributed by atoms with van der Waals surface area (Å²) in [6.45, 7) is 1.62. The van der Waals surface area contributed by atoms with Crippen molar-refractivity contribution in [2.75, 3.05) is 7.11 Å². The van der Waals surface area contributed by atoms with Crippen molar-refractivity contribution < 1.29 is 9.84 Å². The third-order valence-corrected chi connectivity index (χ3v) is 1.61. The van der Waals surface area contributed by atoms with Crippen molar-refractivity contribution in [1.29, 1.82) is 5.41 Å². The fraction of sp³-hybridized carbons (Fsp3) is 0.222. The Labute approximate surface area is 71.1 Å². The van der Waals surface area contributed by atoms with Gasteiger partial charge in [-0.1, -0.05) is 0 Å². The van der Waals surface area contributed by atoms with Gasteiger partial charge in [0.15, 0.2) is 0 Å². The molecule has 0 spiro atoms. The summed E-state index contributed by atoms with van der Waals surface area (Å²) < 4.78 is 4.95. The van der Waals surface area contributed by atoms with Gasteiger partial charge >= 0.3 is 0 Å². The molecule has 1 rings (SSSR count). The average molecular weight is 165 g/mol. The smallest absolute Gasteiger partial charge is 0.124 e. The molecule has 0 aliphatic heterocycles. The molecule has 0 aromatic heterocycles. The Bertz CT molecular complexity index is 307. The van der Waals surface area contributed by atoms with Gasteiger partial charge in [-0.3, -0.25) is 0 Å². The summed E-state index contributed by atoms with van der Waals surface area (Å²) in [6.07, 6.45) is 0. The Kier molecular flexibility index (Phi) is 2.33. The molecule has 0 fully saturated rings. The molecule has 0 aliphatic carbocycles. The zero-order chi connectivity index (χ0) is 9.14. The van der Waals surface area contributed by atoms with Gasteiger partial charge in [-0.05, 0) is 25.1 Å². The van der Waals surface area contributed by atoms with E-state index in [-0.39, 0.29) is 5.75 Å². The van der Waals surface area contributed by atoms with Crippen LogP contribution in [0, 0.1) is 5.41 Å². The minimum Gasteiger partial charge on any atom is -0.507 e. The first kappa shape index (κ1) is 8.59. The Morgan fingerprint density at radius 1 is 1.50 bits per heavy atom. The SMILES string of the molecule is COc1ccc(O)c(C(C)=N)c1. The molecule has 0 heterocycles. The van der Waals surface area contributed by atoms with Crippen molar-refractivity contribution in [3.05, 3.63) is 23.8 Å². The maximum Gasteiger partial charge on any atom is 0.124 e. The number of aromatic hydroxyl groups is 1. The maximum atomic E-state index is 9.30. The molecule has 0 bridgehead atoms. The Hall–Kier alpha value is -1.51. The molecule has 1 aromatic rings. The fourth-order valence-electron chi connectivity index (χ4n) is 0.942. The van der Waals surface area contributed by atoms with Crippen LogP contribution in [0.15, 0.2) is 18.2 Å². The van der Waals surface area contributed by atoms with E-state index in [0.29, 0.717) is 17.0 Å². The van der Waals surface area contributed by atoms with Gasteiger partial charge in [-0.2, -0.15) is 0 Å². The molecule has 0 aliphatic rings. The second-order valence-electron chi connectivity index (χ2n) is 2.51. The van der Waals surface area contributed by atoms with E-state index in [1.165, 1.54) is 6.07 Å². The van der Waals surface area contributed by atoms with Crippen LogP contribution in [0.4, 0.5) is 0 Å². The van der Waals surface area contributed by atoms with Crippen LogP contribution in [0.5, 0.6) is 11.5 Å². The molecule has 0 amide bonds. The van der Waals surface area contributed by atoms with Crippen molar-refractivity contribution in [2.45, 2.75) is 6.92 Å². The highest BCUT2D eigenvalue weighted by Gasteiger charge is 2.03. The molecule has 64 valence electrons. The topological polar surface area (TPSA) is 53.3 Å². The summed E-state index contributed by atoms with van der Waals surface area (Å²) in [6, 6.07) is 4.81. The molecule has 0 atom stereocenters. The molecule has 0 saturated heterocycles. The third kappa shape index (κ3) is 1.56. The number of phenols is 1. The lowest BCUT2D eigenvalue weighted by atomic mass is 10.1. The zero-order valence-electron chi connectivity index (χ0n) is 7.09. The minimum absolute atomic E-state index is 0.114. The van der Waals surface area contributed by atoms with E-state index in [4.69, 9.17) is 10.1 Å². The fourth-order valence-corrected chi connectivity index (χ4v) is 0.942. The van der Waals surface area contributed by atoms with Crippen molar-refractivity contribution >= 4 is 5.71 Å². The highest BCUT2D eigenvalue weighted by atomic mass is 16.5. The summed E-state index contributed by atoms with van der Waals surface area (Å²) in [4.78, 5) is 0. The minimum atomic E-state index is 0.114. The summed E-state index contributed by atoms with van der Waals surface area (Å²) in [5.74, 6) is 0.762. The number of phenolic OH excluding ortho intramolecular Hbond substituents is 1. The normalized spacial score (nSPS) is 9.50. The Morgan fingerprint density at radius 3 is 2.67 bits per heavy atom. The van der Waals surface area contributed by atoms with Crippen LogP contribution in [0.25, 0.3) is 0 Å². The van der Waals surface area contributed by atoms with Crippen molar-refractivity contribution in [3.63, 3.8) is 0 Å². The lowest BCUT2D eigenvalue weighted by Gasteiger charge is -2.04. The van der Waals surface area contributed by atoms with Crippen molar-refractivity contribution in [2.24, 2.45) is 0 Å². The zero-order valence-corrected chi connectivity index (χ0v) is 7.09. The maximum absolute atomic E-state index is 9.30. The molecular weight excluding hydrogens is 154 g/mol. The standard InChI is InChI=1S/C9H11NO2/c1-6(10)8-5-7(12-2)3-4-9(8)11/h3-5,10-11H,1-2H3. The van der Waals surface area contributed by atoms with Gasteiger partial charge in [-0.25, -0.2) is 0 Å². The van der Waals surface area contributed by atoms with Gasteiger partial charge in [0.25, 0.3) is 0 Å². The quantitative estimate of drug-likeness (QED) is 0.656. The Balaban J connectivity index is 3.17. The van der Waals surface area contributed by atoms with Crippen LogP contribution in [0.2, 0.25) is 0 Å². The number of rotatable bonds is 2. The first-order valence-corrected chi connectivity index (χ1v) is 3.57. The van der Waals surface area contributed by atoms with Crippen LogP contribution in [-0.4, -0.2) is 17.9 Å². The number of methoxy groups -OCH3 is 1. The number of hydrogen-bond donors (Lipinski definition) is 2. The van der Waals surface area contributed by atoms with Crippen molar-refractivity contribution in [3.8, 4) is 11.5 Å². The van der Waals surface area contributed by atoms with Crippen LogP contribution in [-0.2, 0) is 0 Å². The van der Waals surface area contributed by atoms with Gasteiger partial charge in [0, 0.05) is 11.3 Å². The van der Waals surface area contributed by atoms with E-state index in [1.807, 2.05) is 0 Å². The molecule has 3 heteroatoms. The lowest BCUT2D eigenvalue weighted by molar-refractivity contribution is 0.412. The molecule has 1 aromatic carbocycles. The van der Waals surface area contributed by atoms with Crippen LogP contribution in [0.1, 0.15) is 12.5 Å². The van der Waals surface area contributed by atoms with E-state index in [9.17, 15) is 5.11 Å². The van der Waals surface area contributed by atoms with Gasteiger partial charge < -0.3 is 15.3 Å². The van der Waals surface area contributed by atoms with Gasteiger partial charge in [0.1, 0.15) is 11.5 Å². The predicted molar refractivity (Wildman–Crippen MR) is 47.2 cm³/mol. The summed E-state index contributed by atoms with van der Waals surface area (Å²) in [7, 11) is 1.55. The second-order valence-corrected chi connectivity index (χ2v) is 2.51. The van der Waals surface area contributed by atoms with E-state index in [1.54, 1.807) is 26.2 Å². The summed E-state index contributed by atoms with van der Waals surface area (Å²) >= 11 is 0. The Morgan fingerprint density at radius 2 is 2.17 bits per heavy atom. The average Bonchev–Trinajstić information content (AvgIpc) is 2.05.